The van der Waals surface area contributed by atoms with E-state index in [-0.39, 0.29) is 0 Å². The van der Waals surface area contributed by atoms with Crippen LogP contribution in [0.3, 0.4) is 0 Å². The minimum absolute atomic E-state index is 0.998. The molecule has 0 saturated heterocycles. The highest BCUT2D eigenvalue weighted by molar-refractivity contribution is 5.56. The lowest BCUT2D eigenvalue weighted by Crippen LogP contribution is -1.83. The van der Waals surface area contributed by atoms with E-state index < -0.39 is 0 Å². The average Bonchev–Trinajstić information content (AvgIpc) is 2.41. The van der Waals surface area contributed by atoms with Crippen molar-refractivity contribution >= 4 is 6.21 Å². The van der Waals surface area contributed by atoms with Gasteiger partial charge in [0.15, 0.2) is 0 Å². The highest BCUT2D eigenvalue weighted by Gasteiger charge is 1.80. The van der Waals surface area contributed by atoms with Crippen LogP contribution in [-0.2, 0) is 0 Å². The molecule has 54 valence electrons. The van der Waals surface area contributed by atoms with Crippen LogP contribution in [0.4, 0.5) is 0 Å². The van der Waals surface area contributed by atoms with E-state index in [1.807, 2.05) is 6.21 Å². The van der Waals surface area contributed by atoms with Gasteiger partial charge in [0.1, 0.15) is 12.7 Å². The number of nitrogens with zero attached hydrogens (tertiary/aromatic N) is 4. The summed E-state index contributed by atoms with van der Waals surface area (Å²) in [7, 11) is 0. The fraction of sp³-hybridized carbons (Fsp3) is 0.500. The Labute approximate surface area is 59.6 Å². The molecule has 0 bridgehead atoms. The van der Waals surface area contributed by atoms with Gasteiger partial charge in [-0.15, -0.1) is 10.2 Å². The Morgan fingerprint density at radius 1 is 1.50 bits per heavy atom. The first-order valence-electron chi connectivity index (χ1n) is 3.31. The van der Waals surface area contributed by atoms with E-state index in [0.717, 1.165) is 12.8 Å². The summed E-state index contributed by atoms with van der Waals surface area (Å²) in [5.41, 5.74) is 0. The van der Waals surface area contributed by atoms with Gasteiger partial charge in [-0.05, 0) is 6.42 Å². The van der Waals surface area contributed by atoms with E-state index in [0.29, 0.717) is 0 Å². The van der Waals surface area contributed by atoms with Crippen LogP contribution in [-0.4, -0.2) is 21.1 Å². The second-order valence-electron chi connectivity index (χ2n) is 1.93. The summed E-state index contributed by atoms with van der Waals surface area (Å²) in [5.74, 6) is 0. The van der Waals surface area contributed by atoms with E-state index in [9.17, 15) is 0 Å². The molecule has 4 nitrogen and oxygen atoms in total. The average molecular weight is 138 g/mol. The van der Waals surface area contributed by atoms with Crippen molar-refractivity contribution in [3.8, 4) is 0 Å². The molecule has 1 aromatic heterocycles. The summed E-state index contributed by atoms with van der Waals surface area (Å²) in [6, 6.07) is 0. The third kappa shape index (κ3) is 1.97. The van der Waals surface area contributed by atoms with Gasteiger partial charge in [-0.3, -0.25) is 0 Å². The molecule has 0 aromatic carbocycles. The van der Waals surface area contributed by atoms with Crippen molar-refractivity contribution in [2.24, 2.45) is 5.10 Å². The number of hydrogen-bond donors (Lipinski definition) is 0. The zero-order valence-electron chi connectivity index (χ0n) is 5.94. The zero-order valence-corrected chi connectivity index (χ0v) is 5.94. The lowest BCUT2D eigenvalue weighted by molar-refractivity contribution is 0.864. The third-order valence-corrected chi connectivity index (χ3v) is 1.04. The molecule has 0 N–H and O–H groups in total. The Bertz CT molecular complexity index is 190. The monoisotopic (exact) mass is 138 g/mol. The van der Waals surface area contributed by atoms with Crippen molar-refractivity contribution in [3.63, 3.8) is 0 Å². The Morgan fingerprint density at radius 3 is 2.80 bits per heavy atom. The lowest BCUT2D eigenvalue weighted by Gasteiger charge is -1.86. The molecular weight excluding hydrogens is 128 g/mol. The number of aromatic nitrogens is 3. The summed E-state index contributed by atoms with van der Waals surface area (Å²) in [4.78, 5) is 0. The molecule has 0 aliphatic carbocycles. The van der Waals surface area contributed by atoms with Gasteiger partial charge in [-0.25, -0.2) is 4.68 Å². The van der Waals surface area contributed by atoms with Gasteiger partial charge < -0.3 is 0 Å². The molecule has 0 spiro atoms. The minimum atomic E-state index is 0.998. The standard InChI is InChI=1S/C6H10N4/c1-2-3-4-9-10-5-7-8-6-10/h4-6H,2-3H2,1H3. The molecule has 0 amide bonds. The van der Waals surface area contributed by atoms with Crippen LogP contribution in [0.1, 0.15) is 19.8 Å². The molecule has 1 rings (SSSR count). The van der Waals surface area contributed by atoms with Crippen LogP contribution < -0.4 is 0 Å². The Hall–Kier alpha value is -1.19. The van der Waals surface area contributed by atoms with Crippen LogP contribution in [0.2, 0.25) is 0 Å². The molecule has 0 unspecified atom stereocenters. The van der Waals surface area contributed by atoms with Crippen molar-refractivity contribution in [2.45, 2.75) is 19.8 Å². The molecule has 0 aliphatic heterocycles. The first-order chi connectivity index (χ1) is 4.93. The first-order valence-corrected chi connectivity index (χ1v) is 3.31. The number of hydrogen-bond acceptors (Lipinski definition) is 3. The predicted molar refractivity (Wildman–Crippen MR) is 38.8 cm³/mol. The van der Waals surface area contributed by atoms with Gasteiger partial charge in [0.2, 0.25) is 0 Å². The van der Waals surface area contributed by atoms with E-state index in [1.54, 1.807) is 17.3 Å². The summed E-state index contributed by atoms with van der Waals surface area (Å²) in [6.07, 6.45) is 7.09. The smallest absolute Gasteiger partial charge is 0.141 e. The van der Waals surface area contributed by atoms with Crippen LogP contribution in [0.5, 0.6) is 0 Å². The molecule has 4 heteroatoms. The summed E-state index contributed by atoms with van der Waals surface area (Å²) < 4.78 is 1.58. The number of rotatable bonds is 3. The highest BCUT2D eigenvalue weighted by atomic mass is 15.4. The van der Waals surface area contributed by atoms with Crippen molar-refractivity contribution < 1.29 is 0 Å². The van der Waals surface area contributed by atoms with E-state index in [1.165, 1.54) is 0 Å². The summed E-state index contributed by atoms with van der Waals surface area (Å²) >= 11 is 0. The third-order valence-electron chi connectivity index (χ3n) is 1.04. The first kappa shape index (κ1) is 6.92. The van der Waals surface area contributed by atoms with Crippen molar-refractivity contribution in [1.82, 2.24) is 14.9 Å². The second kappa shape index (κ2) is 3.76. The molecule has 1 aromatic rings. The Kier molecular flexibility index (Phi) is 2.61. The summed E-state index contributed by atoms with van der Waals surface area (Å²) in [5, 5.41) is 11.2. The van der Waals surface area contributed by atoms with E-state index in [4.69, 9.17) is 0 Å². The SMILES string of the molecule is CCCC=Nn1cnnc1. The topological polar surface area (TPSA) is 43.1 Å². The van der Waals surface area contributed by atoms with Crippen LogP contribution in [0.25, 0.3) is 0 Å². The number of unbranched alkanes of at least 4 members (excludes halogenated alkanes) is 1. The van der Waals surface area contributed by atoms with Crippen molar-refractivity contribution in [1.29, 1.82) is 0 Å². The quantitative estimate of drug-likeness (QED) is 0.583. The van der Waals surface area contributed by atoms with Gasteiger partial charge in [-0.2, -0.15) is 5.10 Å². The Balaban J connectivity index is 2.40. The van der Waals surface area contributed by atoms with Crippen LogP contribution >= 0.6 is 0 Å². The van der Waals surface area contributed by atoms with Crippen molar-refractivity contribution in [2.75, 3.05) is 0 Å². The maximum absolute atomic E-state index is 4.02. The minimum Gasteiger partial charge on any atom is -0.208 e. The Morgan fingerprint density at radius 2 is 2.20 bits per heavy atom. The normalized spacial score (nSPS) is 10.9. The van der Waals surface area contributed by atoms with Crippen LogP contribution in [0, 0.1) is 0 Å². The molecule has 0 radical (unpaired) electrons. The highest BCUT2D eigenvalue weighted by Crippen LogP contribution is 1.83. The largest absolute Gasteiger partial charge is 0.208 e. The van der Waals surface area contributed by atoms with Gasteiger partial charge in [0.25, 0.3) is 0 Å². The van der Waals surface area contributed by atoms with E-state index in [2.05, 4.69) is 22.2 Å². The molecule has 0 fully saturated rings. The van der Waals surface area contributed by atoms with Gasteiger partial charge >= 0.3 is 0 Å². The van der Waals surface area contributed by atoms with Crippen molar-refractivity contribution in [3.05, 3.63) is 12.7 Å². The molecule has 0 saturated carbocycles. The second-order valence-corrected chi connectivity index (χ2v) is 1.93. The molecule has 1 heterocycles. The van der Waals surface area contributed by atoms with Gasteiger partial charge in [-0.1, -0.05) is 13.3 Å². The van der Waals surface area contributed by atoms with Crippen LogP contribution in [0.15, 0.2) is 17.8 Å². The molecule has 0 aliphatic rings. The van der Waals surface area contributed by atoms with E-state index >= 15 is 0 Å². The van der Waals surface area contributed by atoms with Gasteiger partial charge in [0.05, 0.1) is 0 Å². The molecule has 10 heavy (non-hydrogen) atoms. The molecular formula is C6H10N4. The lowest BCUT2D eigenvalue weighted by atomic mass is 10.4. The molecule has 0 atom stereocenters. The maximum Gasteiger partial charge on any atom is 0.141 e. The maximum atomic E-state index is 4.02. The fourth-order valence-electron chi connectivity index (χ4n) is 0.536. The van der Waals surface area contributed by atoms with Gasteiger partial charge in [0, 0.05) is 6.21 Å². The predicted octanol–water partition coefficient (Wildman–Crippen LogP) is 0.912. The zero-order chi connectivity index (χ0) is 7.23. The fourth-order valence-corrected chi connectivity index (χ4v) is 0.536. The summed E-state index contributed by atoms with van der Waals surface area (Å²) in [6.45, 7) is 2.11.